The zero-order valence-corrected chi connectivity index (χ0v) is 17.0. The van der Waals surface area contributed by atoms with Crippen molar-refractivity contribution in [2.75, 3.05) is 0 Å². The van der Waals surface area contributed by atoms with Gasteiger partial charge in [-0.05, 0) is 10.4 Å². The predicted octanol–water partition coefficient (Wildman–Crippen LogP) is 1.99. The highest BCUT2D eigenvalue weighted by molar-refractivity contribution is 6.93. The van der Waals surface area contributed by atoms with Crippen molar-refractivity contribution in [3.05, 3.63) is 54.9 Å². The van der Waals surface area contributed by atoms with Crippen LogP contribution in [0, 0.1) is 0 Å². The van der Waals surface area contributed by atoms with Crippen molar-refractivity contribution in [2.45, 2.75) is 39.3 Å². The molecule has 0 saturated carbocycles. The van der Waals surface area contributed by atoms with Gasteiger partial charge < -0.3 is 0 Å². The fraction of sp³-hybridized carbons (Fsp3) is 0.316. The summed E-state index contributed by atoms with van der Waals surface area (Å²) in [6.45, 7) is 12.4. The van der Waals surface area contributed by atoms with E-state index in [4.69, 9.17) is 0 Å². The van der Waals surface area contributed by atoms with Gasteiger partial charge in [-0.3, -0.25) is 14.4 Å². The first-order valence-electron chi connectivity index (χ1n) is 8.19. The first kappa shape index (κ1) is 17.0. The third kappa shape index (κ3) is 2.26. The molecule has 0 N–H and O–H groups in total. The van der Waals surface area contributed by atoms with Crippen molar-refractivity contribution in [1.82, 2.24) is 0 Å². The van der Waals surface area contributed by atoms with Gasteiger partial charge in [0.15, 0.2) is 16.3 Å². The van der Waals surface area contributed by atoms with E-state index in [1.807, 2.05) is 0 Å². The number of rotatable bonds is 2. The fourth-order valence-electron chi connectivity index (χ4n) is 3.64. The standard InChI is InChI=1S/C19H22O3Si2/c1-23(2,3)18-13-14(19(17(18)22)24(4,5)6)16(21)12-10-8-7-9-11(12)15(13)20/h7-10H,1-6H3. The molecule has 1 aromatic rings. The third-order valence-electron chi connectivity index (χ3n) is 4.57. The Balaban J connectivity index is 2.75. The Morgan fingerprint density at radius 3 is 1.21 bits per heavy atom. The lowest BCUT2D eigenvalue weighted by Gasteiger charge is -2.16. The van der Waals surface area contributed by atoms with Crippen LogP contribution < -0.4 is 26.7 Å². The van der Waals surface area contributed by atoms with Crippen molar-refractivity contribution in [3.8, 4) is 11.1 Å². The van der Waals surface area contributed by atoms with Gasteiger partial charge in [-0.2, -0.15) is 0 Å². The van der Waals surface area contributed by atoms with Gasteiger partial charge in [-0.1, -0.05) is 63.5 Å². The average molecular weight is 355 g/mol. The molecule has 2 aliphatic carbocycles. The molecule has 1 aromatic carbocycles. The second-order valence-electron chi connectivity index (χ2n) is 8.53. The molecule has 0 saturated heterocycles. The number of hydrogen-bond donors (Lipinski definition) is 0. The summed E-state index contributed by atoms with van der Waals surface area (Å²) in [7, 11) is -4.14. The molecule has 0 atom stereocenters. The van der Waals surface area contributed by atoms with E-state index in [1.54, 1.807) is 24.3 Å². The van der Waals surface area contributed by atoms with Gasteiger partial charge in [0.25, 0.3) is 0 Å². The van der Waals surface area contributed by atoms with E-state index >= 15 is 0 Å². The number of fused-ring (bicyclic) bond motifs is 2. The van der Waals surface area contributed by atoms with Crippen LogP contribution in [0.2, 0.25) is 39.3 Å². The van der Waals surface area contributed by atoms with Crippen LogP contribution in [-0.2, 0) is 0 Å². The van der Waals surface area contributed by atoms with Crippen molar-refractivity contribution in [3.63, 3.8) is 0 Å². The molecule has 2 aliphatic rings. The van der Waals surface area contributed by atoms with Gasteiger partial charge >= 0.3 is 0 Å². The van der Waals surface area contributed by atoms with Crippen LogP contribution in [0.4, 0.5) is 0 Å². The molecule has 0 bridgehead atoms. The smallest absolute Gasteiger partial charge is 0.194 e. The van der Waals surface area contributed by atoms with Crippen LogP contribution in [0.15, 0.2) is 38.6 Å². The first-order valence-corrected chi connectivity index (χ1v) is 15.2. The molecule has 0 spiro atoms. The normalized spacial score (nSPS) is 13.1. The molecule has 0 aliphatic heterocycles. The fourth-order valence-corrected chi connectivity index (χ4v) is 7.35. The van der Waals surface area contributed by atoms with Crippen LogP contribution >= 0.6 is 0 Å². The van der Waals surface area contributed by atoms with Gasteiger partial charge in [-0.15, -0.1) is 0 Å². The Labute approximate surface area is 143 Å². The molecule has 0 fully saturated rings. The summed E-state index contributed by atoms with van der Waals surface area (Å²) in [5.74, 6) is 0. The molecule has 0 unspecified atom stereocenters. The minimum Gasteiger partial charge on any atom is -0.290 e. The van der Waals surface area contributed by atoms with Crippen molar-refractivity contribution in [1.29, 1.82) is 0 Å². The maximum absolute atomic E-state index is 13.3. The Bertz CT molecular complexity index is 991. The van der Waals surface area contributed by atoms with E-state index in [0.29, 0.717) is 32.3 Å². The topological polar surface area (TPSA) is 51.2 Å². The summed E-state index contributed by atoms with van der Waals surface area (Å²) in [5, 5.41) is 2.15. The van der Waals surface area contributed by atoms with Crippen LogP contribution in [-0.4, -0.2) is 16.1 Å². The molecular formula is C19H22O3Si2. The lowest BCUT2D eigenvalue weighted by molar-refractivity contribution is 1.59. The molecule has 0 aromatic heterocycles. The third-order valence-corrected chi connectivity index (χ3v) is 8.53. The highest BCUT2D eigenvalue weighted by Gasteiger charge is 2.39. The maximum atomic E-state index is 13.3. The average Bonchev–Trinajstić information content (AvgIpc) is 2.78. The second kappa shape index (κ2) is 5.07. The molecule has 3 nitrogen and oxygen atoms in total. The molecule has 124 valence electrons. The summed E-state index contributed by atoms with van der Waals surface area (Å²) in [6, 6.07) is 6.92. The minimum atomic E-state index is -2.07. The summed E-state index contributed by atoms with van der Waals surface area (Å²) in [4.78, 5) is 39.6. The van der Waals surface area contributed by atoms with Crippen LogP contribution in [0.25, 0.3) is 21.9 Å². The molecule has 3 rings (SSSR count). The predicted molar refractivity (Wildman–Crippen MR) is 108 cm³/mol. The Morgan fingerprint density at radius 2 is 0.917 bits per heavy atom. The molecule has 24 heavy (non-hydrogen) atoms. The maximum Gasteiger partial charge on any atom is 0.194 e. The SMILES string of the molecule is C[Si](C)(C)c1c2c(=O)c3ccccc3c(=O)c-2c([Si](C)(C)C)c1=O. The van der Waals surface area contributed by atoms with Gasteiger partial charge in [0.05, 0.1) is 16.1 Å². The largest absolute Gasteiger partial charge is 0.290 e. The van der Waals surface area contributed by atoms with Crippen molar-refractivity contribution < 1.29 is 0 Å². The second-order valence-corrected chi connectivity index (χ2v) is 18.5. The van der Waals surface area contributed by atoms with E-state index in [1.165, 1.54) is 0 Å². The van der Waals surface area contributed by atoms with E-state index in [0.717, 1.165) is 0 Å². The lowest BCUT2D eigenvalue weighted by atomic mass is 10.0. The zero-order chi connectivity index (χ0) is 18.0. The monoisotopic (exact) mass is 354 g/mol. The highest BCUT2D eigenvalue weighted by atomic mass is 28.3. The van der Waals surface area contributed by atoms with E-state index < -0.39 is 16.1 Å². The van der Waals surface area contributed by atoms with Gasteiger partial charge in [0.2, 0.25) is 0 Å². The molecular weight excluding hydrogens is 332 g/mol. The van der Waals surface area contributed by atoms with Gasteiger partial charge in [-0.25, -0.2) is 0 Å². The quantitative estimate of drug-likeness (QED) is 0.661. The van der Waals surface area contributed by atoms with Crippen LogP contribution in [0.1, 0.15) is 0 Å². The van der Waals surface area contributed by atoms with Crippen LogP contribution in [0.5, 0.6) is 0 Å². The van der Waals surface area contributed by atoms with E-state index in [2.05, 4.69) is 39.3 Å². The van der Waals surface area contributed by atoms with Crippen molar-refractivity contribution >= 4 is 37.3 Å². The first-order chi connectivity index (χ1) is 11.0. The summed E-state index contributed by atoms with van der Waals surface area (Å²) in [6.07, 6.45) is 0. The molecule has 0 radical (unpaired) electrons. The van der Waals surface area contributed by atoms with Gasteiger partial charge in [0.1, 0.15) is 0 Å². The minimum absolute atomic E-state index is 0.0344. The van der Waals surface area contributed by atoms with Gasteiger partial charge in [0, 0.05) is 21.9 Å². The van der Waals surface area contributed by atoms with E-state index in [-0.39, 0.29) is 16.3 Å². The van der Waals surface area contributed by atoms with Crippen molar-refractivity contribution in [2.24, 2.45) is 0 Å². The molecule has 0 amide bonds. The van der Waals surface area contributed by atoms with Crippen LogP contribution in [0.3, 0.4) is 0 Å². The van der Waals surface area contributed by atoms with E-state index in [9.17, 15) is 14.4 Å². The summed E-state index contributed by atoms with van der Waals surface area (Å²) >= 11 is 0. The number of hydrogen-bond acceptors (Lipinski definition) is 3. The Kier molecular flexibility index (Phi) is 3.59. The molecule has 5 heteroatoms. The highest BCUT2D eigenvalue weighted by Crippen LogP contribution is 2.20. The Morgan fingerprint density at radius 1 is 0.583 bits per heavy atom. The summed E-state index contributed by atoms with van der Waals surface area (Å²) in [5.41, 5.74) is 0.492. The zero-order valence-electron chi connectivity index (χ0n) is 15.0. The molecule has 0 heterocycles. The number of benzene rings is 2. The Hall–Kier alpha value is -1.86. The lowest BCUT2D eigenvalue weighted by Crippen LogP contribution is -2.54. The summed E-state index contributed by atoms with van der Waals surface area (Å²) < 4.78 is 0.